The number of carbonyl (C=O) groups is 1. The van der Waals surface area contributed by atoms with Crippen LogP contribution in [0, 0.1) is 12.8 Å². The predicted octanol–water partition coefficient (Wildman–Crippen LogP) is 0.711. The number of aryl methyl sites for hydroxylation is 1. The molecule has 0 N–H and O–H groups in total. The van der Waals surface area contributed by atoms with Crippen LogP contribution in [0.15, 0.2) is 9.72 Å². The zero-order valence-corrected chi connectivity index (χ0v) is 14.7. The fraction of sp³-hybridized carbons (Fsp3) is 0.714. The van der Waals surface area contributed by atoms with E-state index in [0.29, 0.717) is 45.0 Å². The molecule has 0 spiro atoms. The third kappa shape index (κ3) is 3.57. The SMILES string of the molecule is Cc1csc(S(=O)(=O)N2CCCC(C(=O)N3CCOCC3)C2)n1. The zero-order valence-electron chi connectivity index (χ0n) is 13.1. The zero-order chi connectivity index (χ0) is 16.4. The molecule has 3 rings (SSSR count). The Morgan fingerprint density at radius 2 is 2.09 bits per heavy atom. The number of aromatic nitrogens is 1. The first-order chi connectivity index (χ1) is 11.0. The molecule has 1 aromatic rings. The second-order valence-electron chi connectivity index (χ2n) is 5.89. The van der Waals surface area contributed by atoms with Gasteiger partial charge in [0.25, 0.3) is 10.0 Å². The number of carbonyl (C=O) groups excluding carboxylic acids is 1. The van der Waals surface area contributed by atoms with Crippen LogP contribution in [-0.4, -0.2) is 67.9 Å². The Balaban J connectivity index is 1.71. The van der Waals surface area contributed by atoms with Gasteiger partial charge in [0, 0.05) is 37.3 Å². The number of amides is 1. The first-order valence-electron chi connectivity index (χ1n) is 7.77. The average Bonchev–Trinajstić information content (AvgIpc) is 3.02. The van der Waals surface area contributed by atoms with Crippen LogP contribution in [0.1, 0.15) is 18.5 Å². The van der Waals surface area contributed by atoms with Crippen LogP contribution in [0.4, 0.5) is 0 Å². The summed E-state index contributed by atoms with van der Waals surface area (Å²) in [6.07, 6.45) is 1.43. The Morgan fingerprint density at radius 1 is 1.35 bits per heavy atom. The molecular weight excluding hydrogens is 338 g/mol. The summed E-state index contributed by atoms with van der Waals surface area (Å²) in [6.45, 7) is 4.76. The average molecular weight is 359 g/mol. The van der Waals surface area contributed by atoms with Crippen LogP contribution in [0.2, 0.25) is 0 Å². The number of thiazole rings is 1. The van der Waals surface area contributed by atoms with Crippen molar-refractivity contribution in [1.29, 1.82) is 0 Å². The van der Waals surface area contributed by atoms with Gasteiger partial charge >= 0.3 is 0 Å². The number of sulfonamides is 1. The minimum atomic E-state index is -3.59. The fourth-order valence-electron chi connectivity index (χ4n) is 2.97. The lowest BCUT2D eigenvalue weighted by molar-refractivity contribution is -0.140. The van der Waals surface area contributed by atoms with E-state index in [-0.39, 0.29) is 22.7 Å². The highest BCUT2D eigenvalue weighted by Crippen LogP contribution is 2.26. The molecule has 7 nitrogen and oxygen atoms in total. The van der Waals surface area contributed by atoms with Gasteiger partial charge in [-0.15, -0.1) is 11.3 Å². The van der Waals surface area contributed by atoms with Crippen molar-refractivity contribution < 1.29 is 17.9 Å². The summed E-state index contributed by atoms with van der Waals surface area (Å²) in [6, 6.07) is 0. The van der Waals surface area contributed by atoms with Gasteiger partial charge in [-0.05, 0) is 19.8 Å². The Bertz CT molecular complexity index is 667. The minimum Gasteiger partial charge on any atom is -0.378 e. The van der Waals surface area contributed by atoms with Crippen LogP contribution in [-0.2, 0) is 19.6 Å². The topological polar surface area (TPSA) is 79.8 Å². The molecule has 128 valence electrons. The summed E-state index contributed by atoms with van der Waals surface area (Å²) < 4.78 is 32.1. The Kier molecular flexibility index (Phi) is 5.00. The monoisotopic (exact) mass is 359 g/mol. The van der Waals surface area contributed by atoms with Gasteiger partial charge in [0.2, 0.25) is 10.2 Å². The molecule has 1 aromatic heterocycles. The number of piperidine rings is 1. The van der Waals surface area contributed by atoms with Crippen molar-refractivity contribution in [2.24, 2.45) is 5.92 Å². The highest BCUT2D eigenvalue weighted by atomic mass is 32.2. The molecule has 3 heterocycles. The van der Waals surface area contributed by atoms with Gasteiger partial charge in [-0.2, -0.15) is 4.31 Å². The molecule has 2 fully saturated rings. The lowest BCUT2D eigenvalue weighted by Gasteiger charge is -2.35. The number of hydrogen-bond acceptors (Lipinski definition) is 6. The minimum absolute atomic E-state index is 0.0449. The van der Waals surface area contributed by atoms with Gasteiger partial charge in [0.15, 0.2) is 0 Å². The van der Waals surface area contributed by atoms with Gasteiger partial charge in [-0.3, -0.25) is 4.79 Å². The van der Waals surface area contributed by atoms with Crippen LogP contribution < -0.4 is 0 Å². The van der Waals surface area contributed by atoms with E-state index in [1.54, 1.807) is 17.2 Å². The molecule has 0 bridgehead atoms. The van der Waals surface area contributed by atoms with Crippen molar-refractivity contribution >= 4 is 27.3 Å². The van der Waals surface area contributed by atoms with E-state index in [4.69, 9.17) is 4.74 Å². The maximum atomic E-state index is 12.7. The molecule has 0 aliphatic carbocycles. The quantitative estimate of drug-likeness (QED) is 0.794. The van der Waals surface area contributed by atoms with Crippen LogP contribution >= 0.6 is 11.3 Å². The number of morpholine rings is 1. The van der Waals surface area contributed by atoms with Crippen molar-refractivity contribution in [3.05, 3.63) is 11.1 Å². The maximum Gasteiger partial charge on any atom is 0.270 e. The number of nitrogens with zero attached hydrogens (tertiary/aromatic N) is 3. The fourth-order valence-corrected chi connectivity index (χ4v) is 5.66. The van der Waals surface area contributed by atoms with Crippen molar-refractivity contribution in [3.63, 3.8) is 0 Å². The van der Waals surface area contributed by atoms with Crippen LogP contribution in [0.3, 0.4) is 0 Å². The second kappa shape index (κ2) is 6.84. The van der Waals surface area contributed by atoms with E-state index in [1.165, 1.54) is 4.31 Å². The Labute approximate surface area is 140 Å². The molecule has 2 saturated heterocycles. The lowest BCUT2D eigenvalue weighted by Crippen LogP contribution is -2.49. The first-order valence-corrected chi connectivity index (χ1v) is 10.1. The van der Waals surface area contributed by atoms with Crippen molar-refractivity contribution in [3.8, 4) is 0 Å². The van der Waals surface area contributed by atoms with Gasteiger partial charge in [-0.1, -0.05) is 0 Å². The Hall–Kier alpha value is -1.03. The van der Waals surface area contributed by atoms with E-state index < -0.39 is 10.0 Å². The Morgan fingerprint density at radius 3 is 2.74 bits per heavy atom. The number of rotatable bonds is 3. The molecule has 1 unspecified atom stereocenters. The van der Waals surface area contributed by atoms with E-state index in [9.17, 15) is 13.2 Å². The summed E-state index contributed by atoms with van der Waals surface area (Å²) >= 11 is 1.14. The molecule has 23 heavy (non-hydrogen) atoms. The largest absolute Gasteiger partial charge is 0.378 e. The second-order valence-corrected chi connectivity index (χ2v) is 8.86. The molecular formula is C14H21N3O4S2. The standard InChI is InChI=1S/C14H21N3O4S2/c1-11-10-22-14(15-11)23(19,20)17-4-2-3-12(9-17)13(18)16-5-7-21-8-6-16/h10,12H,2-9H2,1H3. The highest BCUT2D eigenvalue weighted by Gasteiger charge is 2.36. The molecule has 0 aromatic carbocycles. The molecule has 2 aliphatic heterocycles. The first kappa shape index (κ1) is 16.8. The summed E-state index contributed by atoms with van der Waals surface area (Å²) in [7, 11) is -3.59. The molecule has 2 aliphatic rings. The molecule has 0 radical (unpaired) electrons. The van der Waals surface area contributed by atoms with E-state index in [2.05, 4.69) is 4.98 Å². The number of hydrogen-bond donors (Lipinski definition) is 0. The third-order valence-corrected chi connectivity index (χ3v) is 7.43. The third-order valence-electron chi connectivity index (χ3n) is 4.21. The molecule has 1 amide bonds. The highest BCUT2D eigenvalue weighted by molar-refractivity contribution is 7.91. The molecule has 1 atom stereocenters. The lowest BCUT2D eigenvalue weighted by atomic mass is 9.98. The number of ether oxygens (including phenoxy) is 1. The van der Waals surface area contributed by atoms with Crippen molar-refractivity contribution in [1.82, 2.24) is 14.2 Å². The van der Waals surface area contributed by atoms with E-state index in [1.807, 2.05) is 0 Å². The summed E-state index contributed by atoms with van der Waals surface area (Å²) in [5.74, 6) is -0.221. The van der Waals surface area contributed by atoms with Crippen molar-refractivity contribution in [2.75, 3.05) is 39.4 Å². The smallest absolute Gasteiger partial charge is 0.270 e. The summed E-state index contributed by atoms with van der Waals surface area (Å²) in [4.78, 5) is 18.5. The van der Waals surface area contributed by atoms with E-state index in [0.717, 1.165) is 17.8 Å². The van der Waals surface area contributed by atoms with E-state index >= 15 is 0 Å². The van der Waals surface area contributed by atoms with Gasteiger partial charge in [0.1, 0.15) is 0 Å². The van der Waals surface area contributed by atoms with Crippen LogP contribution in [0.5, 0.6) is 0 Å². The molecule has 0 saturated carbocycles. The van der Waals surface area contributed by atoms with Gasteiger partial charge < -0.3 is 9.64 Å². The van der Waals surface area contributed by atoms with Crippen molar-refractivity contribution in [2.45, 2.75) is 24.1 Å². The predicted molar refractivity (Wildman–Crippen MR) is 85.7 cm³/mol. The van der Waals surface area contributed by atoms with Gasteiger partial charge in [0.05, 0.1) is 19.1 Å². The summed E-state index contributed by atoms with van der Waals surface area (Å²) in [5, 5.41) is 1.73. The normalized spacial score (nSPS) is 23.9. The van der Waals surface area contributed by atoms with Gasteiger partial charge in [-0.25, -0.2) is 13.4 Å². The van der Waals surface area contributed by atoms with Crippen LogP contribution in [0.25, 0.3) is 0 Å². The maximum absolute atomic E-state index is 12.7. The molecule has 9 heteroatoms. The summed E-state index contributed by atoms with van der Waals surface area (Å²) in [5.41, 5.74) is 0.700.